The standard InChI is InChI=1S/C13H11IO2S/c1-16-13(15)12-7-10(8-17-12)5-9-3-2-4-11(14)6-9/h2-4,6-8H,5H2,1H3. The van der Waals surface area contributed by atoms with Crippen molar-refractivity contribution >= 4 is 39.9 Å². The highest BCUT2D eigenvalue weighted by Crippen LogP contribution is 2.19. The number of halogens is 1. The summed E-state index contributed by atoms with van der Waals surface area (Å²) in [7, 11) is 1.40. The summed E-state index contributed by atoms with van der Waals surface area (Å²) in [5.74, 6) is -0.260. The molecule has 1 heterocycles. The van der Waals surface area contributed by atoms with E-state index in [4.69, 9.17) is 0 Å². The molecule has 0 saturated heterocycles. The molecule has 0 saturated carbocycles. The van der Waals surface area contributed by atoms with Crippen molar-refractivity contribution in [1.82, 2.24) is 0 Å². The molecule has 0 spiro atoms. The normalized spacial score (nSPS) is 10.2. The third-order valence-electron chi connectivity index (χ3n) is 2.34. The van der Waals surface area contributed by atoms with E-state index < -0.39 is 0 Å². The van der Waals surface area contributed by atoms with E-state index in [1.54, 1.807) is 0 Å². The van der Waals surface area contributed by atoms with E-state index in [2.05, 4.69) is 45.5 Å². The van der Waals surface area contributed by atoms with Crippen molar-refractivity contribution in [3.63, 3.8) is 0 Å². The minimum absolute atomic E-state index is 0.260. The van der Waals surface area contributed by atoms with Gasteiger partial charge in [0.25, 0.3) is 0 Å². The first-order chi connectivity index (χ1) is 8.19. The van der Waals surface area contributed by atoms with Gasteiger partial charge >= 0.3 is 5.97 Å². The van der Waals surface area contributed by atoms with E-state index in [1.165, 1.54) is 27.6 Å². The smallest absolute Gasteiger partial charge is 0.348 e. The number of thiophene rings is 1. The van der Waals surface area contributed by atoms with Crippen LogP contribution < -0.4 is 0 Å². The highest BCUT2D eigenvalue weighted by molar-refractivity contribution is 14.1. The Morgan fingerprint density at radius 1 is 1.35 bits per heavy atom. The number of ether oxygens (including phenoxy) is 1. The van der Waals surface area contributed by atoms with Gasteiger partial charge in [-0.2, -0.15) is 0 Å². The van der Waals surface area contributed by atoms with Crippen LogP contribution in [0.2, 0.25) is 0 Å². The first-order valence-corrected chi connectivity index (χ1v) is 7.05. The van der Waals surface area contributed by atoms with Crippen molar-refractivity contribution < 1.29 is 9.53 Å². The molecule has 0 amide bonds. The van der Waals surface area contributed by atoms with Gasteiger partial charge in [-0.05, 0) is 63.7 Å². The van der Waals surface area contributed by atoms with Crippen molar-refractivity contribution in [3.05, 3.63) is 55.3 Å². The first kappa shape index (κ1) is 12.6. The maximum atomic E-state index is 11.3. The molecule has 0 aliphatic carbocycles. The van der Waals surface area contributed by atoms with Gasteiger partial charge < -0.3 is 4.74 Å². The zero-order valence-electron chi connectivity index (χ0n) is 9.27. The van der Waals surface area contributed by atoms with Crippen molar-refractivity contribution in [3.8, 4) is 0 Å². The number of carbonyl (C=O) groups is 1. The van der Waals surface area contributed by atoms with Gasteiger partial charge in [-0.1, -0.05) is 12.1 Å². The van der Waals surface area contributed by atoms with Crippen LogP contribution in [-0.2, 0) is 11.2 Å². The number of rotatable bonds is 3. The molecule has 0 aliphatic heterocycles. The maximum Gasteiger partial charge on any atom is 0.348 e. The van der Waals surface area contributed by atoms with Gasteiger partial charge in [-0.15, -0.1) is 11.3 Å². The topological polar surface area (TPSA) is 26.3 Å². The molecule has 2 rings (SSSR count). The fourth-order valence-corrected chi connectivity index (χ4v) is 2.99. The Kier molecular flexibility index (Phi) is 4.17. The van der Waals surface area contributed by atoms with Gasteiger partial charge in [0.2, 0.25) is 0 Å². The van der Waals surface area contributed by atoms with Crippen molar-refractivity contribution in [2.45, 2.75) is 6.42 Å². The van der Waals surface area contributed by atoms with Gasteiger partial charge in [-0.25, -0.2) is 4.79 Å². The molecule has 1 aromatic heterocycles. The predicted octanol–water partition coefficient (Wildman–Crippen LogP) is 3.73. The van der Waals surface area contributed by atoms with Crippen LogP contribution in [-0.4, -0.2) is 13.1 Å². The van der Waals surface area contributed by atoms with Gasteiger partial charge in [0.1, 0.15) is 4.88 Å². The van der Waals surface area contributed by atoms with Gasteiger partial charge in [0.05, 0.1) is 7.11 Å². The van der Waals surface area contributed by atoms with Crippen molar-refractivity contribution in [1.29, 1.82) is 0 Å². The molecule has 0 atom stereocenters. The number of methoxy groups -OCH3 is 1. The first-order valence-electron chi connectivity index (χ1n) is 5.09. The summed E-state index contributed by atoms with van der Waals surface area (Å²) in [6.45, 7) is 0. The molecule has 1 aromatic carbocycles. The van der Waals surface area contributed by atoms with E-state index in [9.17, 15) is 4.79 Å². The predicted molar refractivity (Wildman–Crippen MR) is 77.6 cm³/mol. The SMILES string of the molecule is COC(=O)c1cc(Cc2cccc(I)c2)cs1. The molecule has 4 heteroatoms. The van der Waals surface area contributed by atoms with E-state index in [0.29, 0.717) is 4.88 Å². The summed E-state index contributed by atoms with van der Waals surface area (Å²) in [5.41, 5.74) is 2.41. The minimum atomic E-state index is -0.260. The van der Waals surface area contributed by atoms with Crippen LogP contribution in [0.3, 0.4) is 0 Å². The summed E-state index contributed by atoms with van der Waals surface area (Å²) in [4.78, 5) is 12.0. The Morgan fingerprint density at radius 2 is 2.18 bits per heavy atom. The van der Waals surface area contributed by atoms with Crippen LogP contribution in [0.1, 0.15) is 20.8 Å². The summed E-state index contributed by atoms with van der Waals surface area (Å²) in [5, 5.41) is 2.01. The van der Waals surface area contributed by atoms with Crippen LogP contribution >= 0.6 is 33.9 Å². The molecular weight excluding hydrogens is 347 g/mol. The average molecular weight is 358 g/mol. The molecule has 17 heavy (non-hydrogen) atoms. The zero-order valence-corrected chi connectivity index (χ0v) is 12.2. The second kappa shape index (κ2) is 5.64. The molecule has 2 aromatic rings. The van der Waals surface area contributed by atoms with Gasteiger partial charge in [-0.3, -0.25) is 0 Å². The monoisotopic (exact) mass is 358 g/mol. The van der Waals surface area contributed by atoms with Crippen LogP contribution in [0, 0.1) is 3.57 Å². The summed E-state index contributed by atoms with van der Waals surface area (Å²) < 4.78 is 5.91. The van der Waals surface area contributed by atoms with E-state index in [0.717, 1.165) is 12.0 Å². The molecule has 0 aliphatic rings. The highest BCUT2D eigenvalue weighted by Gasteiger charge is 2.09. The molecule has 0 fully saturated rings. The molecule has 2 nitrogen and oxygen atoms in total. The molecule has 88 valence electrons. The fourth-order valence-electron chi connectivity index (χ4n) is 1.56. The lowest BCUT2D eigenvalue weighted by Crippen LogP contribution is -1.97. The quantitative estimate of drug-likeness (QED) is 0.617. The van der Waals surface area contributed by atoms with E-state index in [1.807, 2.05) is 17.5 Å². The molecular formula is C13H11IO2S. The Bertz CT molecular complexity index is 534. The Labute approximate surface area is 118 Å². The third-order valence-corrected chi connectivity index (χ3v) is 3.97. The van der Waals surface area contributed by atoms with Crippen LogP contribution in [0.5, 0.6) is 0 Å². The molecule has 0 radical (unpaired) electrons. The second-order valence-electron chi connectivity index (χ2n) is 3.62. The average Bonchev–Trinajstić information content (AvgIpc) is 2.76. The number of hydrogen-bond donors (Lipinski definition) is 0. The van der Waals surface area contributed by atoms with Crippen LogP contribution in [0.4, 0.5) is 0 Å². The number of benzene rings is 1. The van der Waals surface area contributed by atoms with Gasteiger partial charge in [0.15, 0.2) is 0 Å². The lowest BCUT2D eigenvalue weighted by molar-refractivity contribution is 0.0606. The lowest BCUT2D eigenvalue weighted by atomic mass is 10.1. The lowest BCUT2D eigenvalue weighted by Gasteiger charge is -1.99. The minimum Gasteiger partial charge on any atom is -0.465 e. The third kappa shape index (κ3) is 3.29. The van der Waals surface area contributed by atoms with Gasteiger partial charge in [0, 0.05) is 3.57 Å². The zero-order chi connectivity index (χ0) is 12.3. The van der Waals surface area contributed by atoms with E-state index in [-0.39, 0.29) is 5.97 Å². The molecule has 0 N–H and O–H groups in total. The second-order valence-corrected chi connectivity index (χ2v) is 5.77. The number of esters is 1. The molecule has 0 bridgehead atoms. The summed E-state index contributed by atoms with van der Waals surface area (Å²) >= 11 is 3.73. The fraction of sp³-hybridized carbons (Fsp3) is 0.154. The Balaban J connectivity index is 2.14. The largest absolute Gasteiger partial charge is 0.465 e. The Hall–Kier alpha value is -0.880. The number of carbonyl (C=O) groups excluding carboxylic acids is 1. The summed E-state index contributed by atoms with van der Waals surface area (Å²) in [6, 6.07) is 10.3. The Morgan fingerprint density at radius 3 is 2.88 bits per heavy atom. The van der Waals surface area contributed by atoms with Crippen LogP contribution in [0.15, 0.2) is 35.7 Å². The molecule has 0 unspecified atom stereocenters. The van der Waals surface area contributed by atoms with Crippen molar-refractivity contribution in [2.75, 3.05) is 7.11 Å². The highest BCUT2D eigenvalue weighted by atomic mass is 127. The maximum absolute atomic E-state index is 11.3. The number of hydrogen-bond acceptors (Lipinski definition) is 3. The van der Waals surface area contributed by atoms with E-state index >= 15 is 0 Å². The van der Waals surface area contributed by atoms with Crippen molar-refractivity contribution in [2.24, 2.45) is 0 Å². The summed E-state index contributed by atoms with van der Waals surface area (Å²) in [6.07, 6.45) is 0.852. The van der Waals surface area contributed by atoms with Crippen LogP contribution in [0.25, 0.3) is 0 Å².